The lowest BCUT2D eigenvalue weighted by molar-refractivity contribution is -0.127. The lowest BCUT2D eigenvalue weighted by Crippen LogP contribution is -2.47. The van der Waals surface area contributed by atoms with Gasteiger partial charge < -0.3 is 15.0 Å². The topological polar surface area (TPSA) is 59.4 Å². The molecule has 1 atom stereocenters. The molecule has 0 aliphatic carbocycles. The minimum absolute atomic E-state index is 0.112. The highest BCUT2D eigenvalue weighted by atomic mass is 16.5. The third-order valence-electron chi connectivity index (χ3n) is 4.48. The van der Waals surface area contributed by atoms with Crippen molar-refractivity contribution in [3.05, 3.63) is 72.6 Å². The highest BCUT2D eigenvalue weighted by Crippen LogP contribution is 2.34. The summed E-state index contributed by atoms with van der Waals surface area (Å²) < 4.78 is 7.68. The second-order valence-corrected chi connectivity index (χ2v) is 6.19. The van der Waals surface area contributed by atoms with E-state index in [-0.39, 0.29) is 5.91 Å². The summed E-state index contributed by atoms with van der Waals surface area (Å²) in [5.41, 5.74) is 3.18. The predicted molar refractivity (Wildman–Crippen MR) is 99.5 cm³/mol. The number of amides is 1. The Morgan fingerprint density at radius 2 is 2.00 bits per heavy atom. The van der Waals surface area contributed by atoms with Gasteiger partial charge in [-0.05, 0) is 35.9 Å². The average molecular weight is 348 g/mol. The van der Waals surface area contributed by atoms with E-state index in [4.69, 9.17) is 4.74 Å². The lowest BCUT2D eigenvalue weighted by Gasteiger charge is -2.35. The maximum absolute atomic E-state index is 12.1. The molecule has 1 aliphatic rings. The van der Waals surface area contributed by atoms with E-state index in [0.717, 1.165) is 22.7 Å². The second kappa shape index (κ2) is 6.92. The van der Waals surface area contributed by atoms with E-state index in [1.807, 2.05) is 53.3 Å². The number of fused-ring (bicyclic) bond motifs is 1. The molecule has 1 aliphatic heterocycles. The van der Waals surface area contributed by atoms with Gasteiger partial charge in [-0.2, -0.15) is 5.10 Å². The first kappa shape index (κ1) is 16.2. The van der Waals surface area contributed by atoms with Crippen molar-refractivity contribution in [2.75, 3.05) is 18.5 Å². The Labute approximate surface area is 152 Å². The van der Waals surface area contributed by atoms with Crippen molar-refractivity contribution in [1.29, 1.82) is 0 Å². The first-order valence-corrected chi connectivity index (χ1v) is 8.56. The molecule has 0 bridgehead atoms. The van der Waals surface area contributed by atoms with Crippen LogP contribution in [0, 0.1) is 0 Å². The Kier molecular flexibility index (Phi) is 4.31. The number of likely N-dealkylation sites (N-methyl/N-ethyl adjacent to an activating group) is 1. The Balaban J connectivity index is 1.57. The Morgan fingerprint density at radius 3 is 2.73 bits per heavy atom. The van der Waals surface area contributed by atoms with Crippen LogP contribution < -0.4 is 15.0 Å². The van der Waals surface area contributed by atoms with Crippen molar-refractivity contribution >= 4 is 11.6 Å². The number of benzene rings is 2. The van der Waals surface area contributed by atoms with Crippen LogP contribution in [0.5, 0.6) is 5.75 Å². The maximum Gasteiger partial charge on any atom is 0.262 e. The number of nitrogens with zero attached hydrogens (tertiary/aromatic N) is 3. The van der Waals surface area contributed by atoms with Gasteiger partial charge in [0.15, 0.2) is 6.10 Å². The quantitative estimate of drug-likeness (QED) is 0.786. The zero-order valence-electron chi connectivity index (χ0n) is 14.5. The van der Waals surface area contributed by atoms with E-state index in [2.05, 4.69) is 27.4 Å². The van der Waals surface area contributed by atoms with Crippen LogP contribution in [-0.2, 0) is 11.3 Å². The fourth-order valence-electron chi connectivity index (χ4n) is 3.15. The number of carbonyl (C=O) groups excluding carboxylic acids is 1. The van der Waals surface area contributed by atoms with Gasteiger partial charge in [0, 0.05) is 26.0 Å². The third kappa shape index (κ3) is 3.13. The molecule has 4 rings (SSSR count). The molecule has 0 saturated carbocycles. The zero-order chi connectivity index (χ0) is 17.9. The molecule has 1 amide bonds. The SMILES string of the molecule is CNC(=O)[C@H]1CN(Cc2ccc(-n3cccn3)cc2)c2ccccc2O1. The van der Waals surface area contributed by atoms with Crippen molar-refractivity contribution in [3.63, 3.8) is 0 Å². The fraction of sp³-hybridized carbons (Fsp3) is 0.200. The standard InChI is InChI=1S/C20H20N4O2/c1-21-20(25)19-14-23(17-5-2-3-6-18(17)26-19)13-15-7-9-16(10-8-15)24-12-4-11-22-24/h2-12,19H,13-14H2,1H3,(H,21,25)/t19-/m1/s1. The summed E-state index contributed by atoms with van der Waals surface area (Å²) in [6.45, 7) is 1.21. The number of rotatable bonds is 4. The molecule has 1 N–H and O–H groups in total. The van der Waals surface area contributed by atoms with E-state index in [1.54, 1.807) is 13.2 Å². The number of para-hydroxylation sites is 2. The second-order valence-electron chi connectivity index (χ2n) is 6.19. The Morgan fingerprint density at radius 1 is 1.19 bits per heavy atom. The molecule has 2 heterocycles. The lowest BCUT2D eigenvalue weighted by atomic mass is 10.1. The van der Waals surface area contributed by atoms with Gasteiger partial charge in [0.2, 0.25) is 0 Å². The maximum atomic E-state index is 12.1. The molecule has 6 heteroatoms. The van der Waals surface area contributed by atoms with Crippen LogP contribution in [0.15, 0.2) is 67.0 Å². The minimum atomic E-state index is -0.516. The molecule has 132 valence electrons. The van der Waals surface area contributed by atoms with Crippen LogP contribution in [-0.4, -0.2) is 35.4 Å². The highest BCUT2D eigenvalue weighted by molar-refractivity contribution is 5.83. The normalized spacial score (nSPS) is 15.9. The van der Waals surface area contributed by atoms with Gasteiger partial charge in [-0.25, -0.2) is 4.68 Å². The molecule has 0 unspecified atom stereocenters. The van der Waals surface area contributed by atoms with Crippen molar-refractivity contribution in [3.8, 4) is 11.4 Å². The summed E-state index contributed by atoms with van der Waals surface area (Å²) in [5.74, 6) is 0.624. The Hall–Kier alpha value is -3.28. The number of ether oxygens (including phenoxy) is 1. The van der Waals surface area contributed by atoms with Crippen LogP contribution in [0.4, 0.5) is 5.69 Å². The largest absolute Gasteiger partial charge is 0.477 e. The molecule has 0 radical (unpaired) electrons. The van der Waals surface area contributed by atoms with E-state index in [1.165, 1.54) is 0 Å². The average Bonchev–Trinajstić information content (AvgIpc) is 3.22. The number of anilines is 1. The number of hydrogen-bond acceptors (Lipinski definition) is 4. The van der Waals surface area contributed by atoms with Crippen LogP contribution in [0.3, 0.4) is 0 Å². The molecule has 0 saturated heterocycles. The van der Waals surface area contributed by atoms with E-state index in [9.17, 15) is 4.79 Å². The van der Waals surface area contributed by atoms with Crippen LogP contribution in [0.2, 0.25) is 0 Å². The molecule has 0 fully saturated rings. The predicted octanol–water partition coefficient (Wildman–Crippen LogP) is 2.39. The minimum Gasteiger partial charge on any atom is -0.477 e. The number of nitrogens with one attached hydrogen (secondary N) is 1. The summed E-state index contributed by atoms with van der Waals surface area (Å²) in [6.07, 6.45) is 3.16. The van der Waals surface area contributed by atoms with E-state index < -0.39 is 6.10 Å². The van der Waals surface area contributed by atoms with Crippen LogP contribution >= 0.6 is 0 Å². The first-order valence-electron chi connectivity index (χ1n) is 8.56. The number of aromatic nitrogens is 2. The first-order chi connectivity index (χ1) is 12.7. The monoisotopic (exact) mass is 348 g/mol. The summed E-state index contributed by atoms with van der Waals surface area (Å²) in [6, 6.07) is 18.0. The molecule has 3 aromatic rings. The highest BCUT2D eigenvalue weighted by Gasteiger charge is 2.29. The van der Waals surface area contributed by atoms with Crippen molar-refractivity contribution in [2.45, 2.75) is 12.6 Å². The summed E-state index contributed by atoms with van der Waals surface area (Å²) in [7, 11) is 1.63. The van der Waals surface area contributed by atoms with Gasteiger partial charge in [-0.15, -0.1) is 0 Å². The molecule has 0 spiro atoms. The molecule has 6 nitrogen and oxygen atoms in total. The van der Waals surface area contributed by atoms with Gasteiger partial charge in [-0.1, -0.05) is 24.3 Å². The fourth-order valence-corrected chi connectivity index (χ4v) is 3.15. The van der Waals surface area contributed by atoms with Crippen molar-refractivity contribution < 1.29 is 9.53 Å². The van der Waals surface area contributed by atoms with E-state index >= 15 is 0 Å². The number of hydrogen-bond donors (Lipinski definition) is 1. The van der Waals surface area contributed by atoms with Gasteiger partial charge in [0.1, 0.15) is 5.75 Å². The van der Waals surface area contributed by atoms with Gasteiger partial charge in [-0.3, -0.25) is 4.79 Å². The third-order valence-corrected chi connectivity index (χ3v) is 4.48. The summed E-state index contributed by atoms with van der Waals surface area (Å²) in [4.78, 5) is 14.3. The van der Waals surface area contributed by atoms with Gasteiger partial charge in [0.05, 0.1) is 17.9 Å². The molecule has 26 heavy (non-hydrogen) atoms. The van der Waals surface area contributed by atoms with Gasteiger partial charge in [0.25, 0.3) is 5.91 Å². The summed E-state index contributed by atoms with van der Waals surface area (Å²) in [5, 5.41) is 6.92. The molecule has 1 aromatic heterocycles. The van der Waals surface area contributed by atoms with Crippen molar-refractivity contribution in [1.82, 2.24) is 15.1 Å². The van der Waals surface area contributed by atoms with E-state index in [0.29, 0.717) is 13.1 Å². The summed E-state index contributed by atoms with van der Waals surface area (Å²) >= 11 is 0. The zero-order valence-corrected chi connectivity index (χ0v) is 14.5. The smallest absolute Gasteiger partial charge is 0.262 e. The Bertz CT molecular complexity index is 890. The van der Waals surface area contributed by atoms with Crippen LogP contribution in [0.1, 0.15) is 5.56 Å². The van der Waals surface area contributed by atoms with Gasteiger partial charge >= 0.3 is 0 Å². The molecular weight excluding hydrogens is 328 g/mol. The number of carbonyl (C=O) groups is 1. The van der Waals surface area contributed by atoms with Crippen LogP contribution in [0.25, 0.3) is 5.69 Å². The van der Waals surface area contributed by atoms with Crippen molar-refractivity contribution in [2.24, 2.45) is 0 Å². The molecular formula is C20H20N4O2. The molecule has 2 aromatic carbocycles.